The van der Waals surface area contributed by atoms with E-state index in [1.165, 1.54) is 5.56 Å². The molecule has 8 nitrogen and oxygen atoms in total. The van der Waals surface area contributed by atoms with Crippen molar-refractivity contribution in [2.24, 2.45) is 0 Å². The van der Waals surface area contributed by atoms with Gasteiger partial charge in [-0.2, -0.15) is 0 Å². The molecule has 1 amide bonds. The maximum Gasteiger partial charge on any atom is 0.254 e. The van der Waals surface area contributed by atoms with Gasteiger partial charge in [-0.15, -0.1) is 0 Å². The number of benzene rings is 1. The van der Waals surface area contributed by atoms with Crippen molar-refractivity contribution in [2.45, 2.75) is 24.9 Å². The standard InChI is InChI=1S/C24H24N4O4/c29-14-18-2-4-21(32-18)17-12-25-23(26-13-17)28-15-24(5-6-24)19-3-1-16(11-20(19)28)22(30)27-7-9-31-10-8-27/h1-4,11-13,29H,5-10,14-15H2. The van der Waals surface area contributed by atoms with E-state index in [2.05, 4.69) is 20.9 Å². The van der Waals surface area contributed by atoms with Crippen molar-refractivity contribution in [2.75, 3.05) is 37.7 Å². The number of hydrogen-bond acceptors (Lipinski definition) is 7. The number of aliphatic hydroxyl groups excluding tert-OH is 1. The molecule has 1 saturated carbocycles. The van der Waals surface area contributed by atoms with Gasteiger partial charge in [-0.05, 0) is 42.7 Å². The second-order valence-electron chi connectivity index (χ2n) is 8.70. The molecule has 1 aromatic carbocycles. The van der Waals surface area contributed by atoms with E-state index >= 15 is 0 Å². The van der Waals surface area contributed by atoms with Crippen molar-refractivity contribution >= 4 is 17.5 Å². The molecule has 32 heavy (non-hydrogen) atoms. The number of carbonyl (C=O) groups is 1. The van der Waals surface area contributed by atoms with E-state index < -0.39 is 0 Å². The lowest BCUT2D eigenvalue weighted by Crippen LogP contribution is -2.40. The van der Waals surface area contributed by atoms with Crippen LogP contribution in [0.25, 0.3) is 11.3 Å². The van der Waals surface area contributed by atoms with Crippen LogP contribution in [0.15, 0.2) is 47.1 Å². The highest BCUT2D eigenvalue weighted by Gasteiger charge is 2.52. The van der Waals surface area contributed by atoms with Gasteiger partial charge in [-0.3, -0.25) is 4.79 Å². The van der Waals surface area contributed by atoms with Gasteiger partial charge in [0.05, 0.1) is 18.8 Å². The number of anilines is 2. The van der Waals surface area contributed by atoms with Crippen LogP contribution in [0.2, 0.25) is 0 Å². The zero-order chi connectivity index (χ0) is 21.7. The van der Waals surface area contributed by atoms with Gasteiger partial charge < -0.3 is 24.1 Å². The third-order valence-electron chi connectivity index (χ3n) is 6.70. The number of ether oxygens (including phenoxy) is 1. The molecule has 6 rings (SSSR count). The lowest BCUT2D eigenvalue weighted by Gasteiger charge is -2.27. The number of furan rings is 1. The number of fused-ring (bicyclic) bond motifs is 2. The van der Waals surface area contributed by atoms with Crippen molar-refractivity contribution in [3.63, 3.8) is 0 Å². The van der Waals surface area contributed by atoms with Gasteiger partial charge >= 0.3 is 0 Å². The van der Waals surface area contributed by atoms with Crippen LogP contribution in [0.4, 0.5) is 11.6 Å². The molecule has 0 atom stereocenters. The molecule has 3 aliphatic rings. The highest BCUT2D eigenvalue weighted by Crippen LogP contribution is 2.57. The summed E-state index contributed by atoms with van der Waals surface area (Å²) in [7, 11) is 0. The minimum atomic E-state index is -0.142. The van der Waals surface area contributed by atoms with Gasteiger partial charge in [0.25, 0.3) is 5.91 Å². The van der Waals surface area contributed by atoms with Gasteiger partial charge in [0.15, 0.2) is 0 Å². The Morgan fingerprint density at radius 2 is 1.88 bits per heavy atom. The zero-order valence-corrected chi connectivity index (χ0v) is 17.7. The molecule has 0 radical (unpaired) electrons. The molecule has 1 spiro atoms. The second-order valence-corrected chi connectivity index (χ2v) is 8.70. The van der Waals surface area contributed by atoms with Gasteiger partial charge in [0.1, 0.15) is 18.1 Å². The summed E-state index contributed by atoms with van der Waals surface area (Å²) in [5.41, 5.74) is 3.90. The van der Waals surface area contributed by atoms with Crippen molar-refractivity contribution in [3.05, 3.63) is 59.6 Å². The van der Waals surface area contributed by atoms with Gasteiger partial charge in [-0.1, -0.05) is 6.07 Å². The molecule has 8 heteroatoms. The van der Waals surface area contributed by atoms with E-state index in [0.29, 0.717) is 49.3 Å². The summed E-state index contributed by atoms with van der Waals surface area (Å²) in [5, 5.41) is 9.21. The van der Waals surface area contributed by atoms with E-state index in [9.17, 15) is 9.90 Å². The molecule has 4 heterocycles. The molecular weight excluding hydrogens is 408 g/mol. The van der Waals surface area contributed by atoms with Crippen LogP contribution in [0.5, 0.6) is 0 Å². The van der Waals surface area contributed by atoms with Crippen LogP contribution < -0.4 is 4.90 Å². The topological polar surface area (TPSA) is 91.9 Å². The summed E-state index contributed by atoms with van der Waals surface area (Å²) in [6.45, 7) is 3.10. The third kappa shape index (κ3) is 3.18. The molecule has 0 unspecified atom stereocenters. The van der Waals surface area contributed by atoms with Gasteiger partial charge in [0.2, 0.25) is 5.95 Å². The quantitative estimate of drug-likeness (QED) is 0.678. The number of morpholine rings is 1. The summed E-state index contributed by atoms with van der Waals surface area (Å²) in [6.07, 6.45) is 5.76. The Morgan fingerprint density at radius 1 is 1.09 bits per heavy atom. The highest BCUT2D eigenvalue weighted by atomic mass is 16.5. The number of aliphatic hydroxyl groups is 1. The first kappa shape index (κ1) is 19.5. The predicted molar refractivity (Wildman–Crippen MR) is 117 cm³/mol. The first-order valence-corrected chi connectivity index (χ1v) is 11.0. The van der Waals surface area contributed by atoms with E-state index in [1.807, 2.05) is 17.0 Å². The molecule has 1 saturated heterocycles. The second kappa shape index (κ2) is 7.43. The Hall–Kier alpha value is -3.23. The maximum atomic E-state index is 13.0. The lowest BCUT2D eigenvalue weighted by molar-refractivity contribution is 0.0303. The highest BCUT2D eigenvalue weighted by molar-refractivity contribution is 5.96. The number of carbonyl (C=O) groups excluding carboxylic acids is 1. The summed E-state index contributed by atoms with van der Waals surface area (Å²) >= 11 is 0. The van der Waals surface area contributed by atoms with E-state index in [0.717, 1.165) is 30.6 Å². The molecule has 1 aliphatic carbocycles. The smallest absolute Gasteiger partial charge is 0.254 e. The average Bonchev–Trinajstić information content (AvgIpc) is 3.34. The molecule has 3 aromatic rings. The number of aromatic nitrogens is 2. The van der Waals surface area contributed by atoms with Crippen LogP contribution in [-0.2, 0) is 16.8 Å². The van der Waals surface area contributed by atoms with Crippen molar-refractivity contribution < 1.29 is 19.1 Å². The Kier molecular flexibility index (Phi) is 4.51. The zero-order valence-electron chi connectivity index (χ0n) is 17.7. The minimum absolute atomic E-state index is 0.0431. The largest absolute Gasteiger partial charge is 0.459 e. The number of nitrogens with zero attached hydrogens (tertiary/aromatic N) is 4. The fourth-order valence-electron chi connectivity index (χ4n) is 4.72. The summed E-state index contributed by atoms with van der Waals surface area (Å²) in [6, 6.07) is 9.61. The van der Waals surface area contributed by atoms with Gasteiger partial charge in [0, 0.05) is 48.7 Å². The minimum Gasteiger partial charge on any atom is -0.459 e. The van der Waals surface area contributed by atoms with Crippen molar-refractivity contribution in [1.82, 2.24) is 14.9 Å². The first-order chi connectivity index (χ1) is 15.7. The predicted octanol–water partition coefficient (Wildman–Crippen LogP) is 2.88. The molecule has 2 aromatic heterocycles. The number of hydrogen-bond donors (Lipinski definition) is 1. The molecule has 0 bridgehead atoms. The van der Waals surface area contributed by atoms with Crippen LogP contribution in [-0.4, -0.2) is 58.7 Å². The van der Waals surface area contributed by atoms with Crippen molar-refractivity contribution in [3.8, 4) is 11.3 Å². The third-order valence-corrected chi connectivity index (χ3v) is 6.70. The Morgan fingerprint density at radius 3 is 2.56 bits per heavy atom. The monoisotopic (exact) mass is 432 g/mol. The first-order valence-electron chi connectivity index (χ1n) is 11.0. The number of rotatable bonds is 4. The Bertz CT molecular complexity index is 1160. The molecule has 2 fully saturated rings. The average molecular weight is 432 g/mol. The summed E-state index contributed by atoms with van der Waals surface area (Å²) in [4.78, 5) is 26.2. The molecule has 1 N–H and O–H groups in total. The van der Waals surface area contributed by atoms with E-state index in [-0.39, 0.29) is 17.9 Å². The van der Waals surface area contributed by atoms with Crippen LogP contribution in [0, 0.1) is 0 Å². The van der Waals surface area contributed by atoms with Crippen LogP contribution >= 0.6 is 0 Å². The van der Waals surface area contributed by atoms with Crippen LogP contribution in [0.3, 0.4) is 0 Å². The fourth-order valence-corrected chi connectivity index (χ4v) is 4.72. The van der Waals surface area contributed by atoms with E-state index in [1.54, 1.807) is 24.5 Å². The summed E-state index contributed by atoms with van der Waals surface area (Å²) in [5.74, 6) is 1.79. The van der Waals surface area contributed by atoms with Crippen molar-refractivity contribution in [1.29, 1.82) is 0 Å². The van der Waals surface area contributed by atoms with Gasteiger partial charge in [-0.25, -0.2) is 9.97 Å². The molecule has 2 aliphatic heterocycles. The SMILES string of the molecule is O=C(c1ccc2c(c1)N(c1ncc(-c3ccc(CO)o3)cn1)CC21CC1)N1CCOCC1. The Labute approximate surface area is 185 Å². The Balaban J connectivity index is 1.31. The fraction of sp³-hybridized carbons (Fsp3) is 0.375. The maximum absolute atomic E-state index is 13.0. The normalized spacial score (nSPS) is 18.8. The summed E-state index contributed by atoms with van der Waals surface area (Å²) < 4.78 is 11.0. The lowest BCUT2D eigenvalue weighted by atomic mass is 9.97. The van der Waals surface area contributed by atoms with E-state index in [4.69, 9.17) is 9.15 Å². The number of amides is 1. The molecule has 164 valence electrons. The molecular formula is C24H24N4O4. The van der Waals surface area contributed by atoms with Crippen LogP contribution in [0.1, 0.15) is 34.5 Å².